The van der Waals surface area contributed by atoms with Crippen LogP contribution in [0, 0.1) is 0 Å². The van der Waals surface area contributed by atoms with E-state index in [1.807, 2.05) is 6.26 Å². The second-order valence-electron chi connectivity index (χ2n) is 11.2. The molecule has 0 saturated heterocycles. The van der Waals surface area contributed by atoms with Crippen molar-refractivity contribution in [2.24, 2.45) is 5.73 Å². The van der Waals surface area contributed by atoms with Crippen molar-refractivity contribution < 1.29 is 33.8 Å². The molecule has 50 heavy (non-hydrogen) atoms. The SMILES string of the molecule is COC(=O)[C@H](CCSC)NC(=O)[C@H](Cn1ccc(=O)[nH]c1=O)NC(=O)CNC(=O)[C@@H](Cc1ccccc1)NC(=O)[C@@H](N)Cc1ccc(O)cc1. The van der Waals surface area contributed by atoms with Gasteiger partial charge < -0.3 is 36.8 Å². The van der Waals surface area contributed by atoms with Crippen LogP contribution in [0.3, 0.4) is 0 Å². The van der Waals surface area contributed by atoms with Crippen molar-refractivity contribution in [1.29, 1.82) is 0 Å². The molecule has 0 unspecified atom stereocenters. The van der Waals surface area contributed by atoms with Gasteiger partial charge in [-0.2, -0.15) is 11.8 Å². The lowest BCUT2D eigenvalue weighted by molar-refractivity contribution is -0.145. The molecule has 3 rings (SSSR count). The van der Waals surface area contributed by atoms with Gasteiger partial charge in [-0.05, 0) is 48.1 Å². The number of carbonyl (C=O) groups excluding carboxylic acids is 5. The summed E-state index contributed by atoms with van der Waals surface area (Å²) in [5.74, 6) is -3.13. The maximum Gasteiger partial charge on any atom is 0.328 e. The molecule has 1 heterocycles. The zero-order valence-corrected chi connectivity index (χ0v) is 28.4. The molecular weight excluding hydrogens is 670 g/mol. The average Bonchev–Trinajstić information content (AvgIpc) is 3.10. The molecule has 0 spiro atoms. The summed E-state index contributed by atoms with van der Waals surface area (Å²) in [4.78, 5) is 91.2. The fourth-order valence-electron chi connectivity index (χ4n) is 4.73. The van der Waals surface area contributed by atoms with Crippen LogP contribution in [-0.4, -0.2) is 94.1 Å². The number of hydrogen-bond donors (Lipinski definition) is 7. The summed E-state index contributed by atoms with van der Waals surface area (Å²) in [6, 6.07) is 11.4. The summed E-state index contributed by atoms with van der Waals surface area (Å²) in [7, 11) is 1.17. The zero-order valence-electron chi connectivity index (χ0n) is 27.5. The van der Waals surface area contributed by atoms with Crippen LogP contribution in [0.2, 0.25) is 0 Å². The van der Waals surface area contributed by atoms with Crippen molar-refractivity contribution in [1.82, 2.24) is 30.8 Å². The third-order valence-electron chi connectivity index (χ3n) is 7.41. The Bertz CT molecular complexity index is 1730. The number of aromatic amines is 1. The fourth-order valence-corrected chi connectivity index (χ4v) is 5.20. The molecule has 1 aromatic heterocycles. The van der Waals surface area contributed by atoms with E-state index in [1.54, 1.807) is 42.5 Å². The highest BCUT2D eigenvalue weighted by atomic mass is 32.2. The van der Waals surface area contributed by atoms with Crippen LogP contribution in [0.5, 0.6) is 5.75 Å². The van der Waals surface area contributed by atoms with Gasteiger partial charge >= 0.3 is 11.7 Å². The summed E-state index contributed by atoms with van der Waals surface area (Å²) in [5, 5.41) is 19.6. The predicted octanol–water partition coefficient (Wildman–Crippen LogP) is -1.45. The first-order valence-electron chi connectivity index (χ1n) is 15.5. The van der Waals surface area contributed by atoms with Crippen LogP contribution in [-0.2, 0) is 48.1 Å². The van der Waals surface area contributed by atoms with Gasteiger partial charge in [-0.15, -0.1) is 0 Å². The van der Waals surface area contributed by atoms with E-state index in [4.69, 9.17) is 10.5 Å². The summed E-state index contributed by atoms with van der Waals surface area (Å²) < 4.78 is 5.78. The molecule has 17 heteroatoms. The first-order chi connectivity index (χ1) is 23.9. The number of phenolic OH excluding ortho intramolecular Hbond substituents is 1. The number of nitrogens with zero attached hydrogens (tertiary/aromatic N) is 1. The van der Waals surface area contributed by atoms with Crippen molar-refractivity contribution in [2.75, 3.05) is 25.7 Å². The summed E-state index contributed by atoms with van der Waals surface area (Å²) in [6.45, 7) is -1.06. The number of hydrogen-bond acceptors (Lipinski definition) is 11. The van der Waals surface area contributed by atoms with E-state index >= 15 is 0 Å². The van der Waals surface area contributed by atoms with E-state index in [-0.39, 0.29) is 25.0 Å². The van der Waals surface area contributed by atoms with Crippen molar-refractivity contribution in [2.45, 2.75) is 50.0 Å². The highest BCUT2D eigenvalue weighted by molar-refractivity contribution is 7.98. The number of rotatable bonds is 18. The summed E-state index contributed by atoms with van der Waals surface area (Å²) >= 11 is 1.44. The number of H-pyrrole nitrogens is 1. The van der Waals surface area contributed by atoms with Crippen molar-refractivity contribution in [3.63, 3.8) is 0 Å². The standard InChI is InChI=1S/C33H41N7O9S/c1-49-32(47)24(13-15-50-2)37-31(46)26(19-40-14-12-27(42)39-33(40)48)36-28(43)18-35-30(45)25(17-20-6-4-3-5-7-20)38-29(44)23(34)16-21-8-10-22(41)11-9-21/h3-12,14,23-26,41H,13,15-19,34H2,1-2H3,(H,35,45)(H,36,43)(H,37,46)(H,38,44)(H,39,42,48)/t23-,24-,25+,26-/m0/s1. The lowest BCUT2D eigenvalue weighted by Crippen LogP contribution is -2.57. The number of benzene rings is 2. The molecular formula is C33H41N7O9S. The van der Waals surface area contributed by atoms with Gasteiger partial charge in [0.2, 0.25) is 23.6 Å². The van der Waals surface area contributed by atoms with Gasteiger partial charge in [-0.3, -0.25) is 33.5 Å². The Hall–Kier alpha value is -5.42. The molecule has 4 amide bonds. The highest BCUT2D eigenvalue weighted by Gasteiger charge is 2.29. The number of aromatic nitrogens is 2. The number of carbonyl (C=O) groups is 5. The fraction of sp³-hybridized carbons (Fsp3) is 0.364. The maximum absolute atomic E-state index is 13.4. The van der Waals surface area contributed by atoms with Crippen molar-refractivity contribution in [3.8, 4) is 5.75 Å². The monoisotopic (exact) mass is 711 g/mol. The maximum atomic E-state index is 13.4. The first kappa shape index (κ1) is 39.0. The highest BCUT2D eigenvalue weighted by Crippen LogP contribution is 2.11. The lowest BCUT2D eigenvalue weighted by atomic mass is 10.0. The van der Waals surface area contributed by atoms with Gasteiger partial charge in [0.25, 0.3) is 5.56 Å². The number of ether oxygens (including phenoxy) is 1. The lowest BCUT2D eigenvalue weighted by Gasteiger charge is -2.23. The molecule has 268 valence electrons. The molecule has 0 radical (unpaired) electrons. The number of thioether (sulfide) groups is 1. The number of methoxy groups -OCH3 is 1. The molecule has 8 N–H and O–H groups in total. The number of esters is 1. The molecule has 2 aromatic carbocycles. The van der Waals surface area contributed by atoms with Gasteiger partial charge in [0.05, 0.1) is 26.2 Å². The van der Waals surface area contributed by atoms with E-state index < -0.39 is 78.1 Å². The summed E-state index contributed by atoms with van der Waals surface area (Å²) in [6.07, 6.45) is 3.38. The zero-order chi connectivity index (χ0) is 36.6. The van der Waals surface area contributed by atoms with E-state index in [9.17, 15) is 38.7 Å². The largest absolute Gasteiger partial charge is 0.508 e. The molecule has 0 aliphatic heterocycles. The normalized spacial score (nSPS) is 13.2. The molecule has 0 aliphatic carbocycles. The summed E-state index contributed by atoms with van der Waals surface area (Å²) in [5.41, 5.74) is 6.02. The second kappa shape index (κ2) is 19.5. The van der Waals surface area contributed by atoms with Crippen LogP contribution < -0.4 is 38.2 Å². The third kappa shape index (κ3) is 12.6. The second-order valence-corrected chi connectivity index (χ2v) is 12.2. The molecule has 16 nitrogen and oxygen atoms in total. The Labute approximate surface area is 291 Å². The van der Waals surface area contributed by atoms with Crippen LogP contribution >= 0.6 is 11.8 Å². The Balaban J connectivity index is 1.73. The Morgan fingerprint density at radius 1 is 0.860 bits per heavy atom. The van der Waals surface area contributed by atoms with Crippen LogP contribution in [0.4, 0.5) is 0 Å². The Kier molecular flexibility index (Phi) is 15.3. The van der Waals surface area contributed by atoms with E-state index in [0.29, 0.717) is 16.9 Å². The van der Waals surface area contributed by atoms with Gasteiger partial charge in [0.15, 0.2) is 0 Å². The van der Waals surface area contributed by atoms with Gasteiger partial charge in [0.1, 0.15) is 23.9 Å². The van der Waals surface area contributed by atoms with Gasteiger partial charge in [0, 0.05) is 18.7 Å². The molecule has 0 saturated carbocycles. The Morgan fingerprint density at radius 3 is 2.16 bits per heavy atom. The number of phenols is 1. The predicted molar refractivity (Wildman–Crippen MR) is 185 cm³/mol. The molecule has 4 atom stereocenters. The minimum atomic E-state index is -1.43. The Morgan fingerprint density at radius 2 is 1.52 bits per heavy atom. The molecule has 0 aliphatic rings. The number of nitrogens with one attached hydrogen (secondary N) is 5. The first-order valence-corrected chi connectivity index (χ1v) is 16.9. The van der Waals surface area contributed by atoms with Crippen LogP contribution in [0.1, 0.15) is 17.5 Å². The molecule has 0 bridgehead atoms. The smallest absolute Gasteiger partial charge is 0.328 e. The number of amides is 4. The number of nitrogens with two attached hydrogens (primary N) is 1. The van der Waals surface area contributed by atoms with Crippen molar-refractivity contribution >= 4 is 41.4 Å². The van der Waals surface area contributed by atoms with Crippen LogP contribution in [0.25, 0.3) is 0 Å². The molecule has 3 aromatic rings. The topological polar surface area (TPSA) is 244 Å². The van der Waals surface area contributed by atoms with E-state index in [2.05, 4.69) is 26.3 Å². The van der Waals surface area contributed by atoms with E-state index in [1.165, 1.54) is 31.0 Å². The average molecular weight is 712 g/mol. The van der Waals surface area contributed by atoms with Crippen LogP contribution in [0.15, 0.2) is 76.4 Å². The molecule has 0 fully saturated rings. The number of aromatic hydroxyl groups is 1. The van der Waals surface area contributed by atoms with Gasteiger partial charge in [-0.25, -0.2) is 9.59 Å². The quantitative estimate of drug-likeness (QED) is 0.0753. The van der Waals surface area contributed by atoms with E-state index in [0.717, 1.165) is 16.8 Å². The third-order valence-corrected chi connectivity index (χ3v) is 8.05. The minimum absolute atomic E-state index is 0.0595. The van der Waals surface area contributed by atoms with Crippen molar-refractivity contribution in [3.05, 3.63) is 98.8 Å². The van der Waals surface area contributed by atoms with Gasteiger partial charge in [-0.1, -0.05) is 42.5 Å². The minimum Gasteiger partial charge on any atom is -0.508 e.